The molecule has 2 amide bonds. The maximum Gasteiger partial charge on any atom is 0.240 e. The summed E-state index contributed by atoms with van der Waals surface area (Å²) < 4.78 is 0. The zero-order valence-electron chi connectivity index (χ0n) is 16.4. The topological polar surface area (TPSA) is 110 Å². The normalized spacial score (nSPS) is 14.1. The monoisotopic (exact) mass is 383 g/mol. The molecule has 0 saturated carbocycles. The molecule has 0 fully saturated rings. The number of nitrogens with two attached hydrogens (primary N) is 2. The van der Waals surface area contributed by atoms with Crippen molar-refractivity contribution in [2.75, 3.05) is 0 Å². The number of amides is 2. The van der Waals surface area contributed by atoms with Crippen LogP contribution in [0.3, 0.4) is 0 Å². The predicted molar refractivity (Wildman–Crippen MR) is 109 cm³/mol. The van der Waals surface area contributed by atoms with Crippen LogP contribution in [0.25, 0.3) is 0 Å². The maximum absolute atomic E-state index is 13.2. The summed E-state index contributed by atoms with van der Waals surface area (Å²) in [4.78, 5) is 27.0. The number of carbonyl (C=O) groups excluding carboxylic acids is 2. The van der Waals surface area contributed by atoms with Crippen LogP contribution in [0.15, 0.2) is 54.6 Å². The lowest BCUT2D eigenvalue weighted by Crippen LogP contribution is -2.55. The van der Waals surface area contributed by atoms with Gasteiger partial charge in [-0.3, -0.25) is 9.59 Å². The molecule has 2 rings (SSSR count). The fraction of sp³-hybridized carbons (Fsp3) is 0.364. The predicted octanol–water partition coefficient (Wildman–Crippen LogP) is 2.19. The van der Waals surface area contributed by atoms with E-state index in [2.05, 4.69) is 0 Å². The largest absolute Gasteiger partial charge is 0.508 e. The summed E-state index contributed by atoms with van der Waals surface area (Å²) in [5, 5.41) is 9.42. The molecule has 28 heavy (non-hydrogen) atoms. The zero-order chi connectivity index (χ0) is 20.7. The average Bonchev–Trinajstić information content (AvgIpc) is 2.69. The minimum absolute atomic E-state index is 0.0916. The van der Waals surface area contributed by atoms with E-state index in [4.69, 9.17) is 11.5 Å². The molecule has 6 heteroatoms. The number of benzene rings is 2. The molecule has 0 aliphatic carbocycles. The van der Waals surface area contributed by atoms with Gasteiger partial charge in [-0.1, -0.05) is 62.7 Å². The number of phenols is 1. The SMILES string of the molecule is CCC(C)C(C(N)=O)N(Cc1ccccc1)C(=O)C(N)Cc1ccc(O)cc1. The number of primary amides is 1. The van der Waals surface area contributed by atoms with Gasteiger partial charge >= 0.3 is 0 Å². The Hall–Kier alpha value is -2.86. The Morgan fingerprint density at radius 1 is 1.04 bits per heavy atom. The van der Waals surface area contributed by atoms with Gasteiger partial charge < -0.3 is 21.5 Å². The molecule has 0 aliphatic heterocycles. The molecule has 0 bridgehead atoms. The second-order valence-corrected chi connectivity index (χ2v) is 7.16. The Balaban J connectivity index is 2.28. The van der Waals surface area contributed by atoms with E-state index in [9.17, 15) is 14.7 Å². The highest BCUT2D eigenvalue weighted by atomic mass is 16.3. The Labute approximate surface area is 166 Å². The first-order valence-electron chi connectivity index (χ1n) is 9.50. The first-order valence-corrected chi connectivity index (χ1v) is 9.50. The number of rotatable bonds is 9. The van der Waals surface area contributed by atoms with Crippen LogP contribution in [0.2, 0.25) is 0 Å². The fourth-order valence-electron chi connectivity index (χ4n) is 3.24. The molecular weight excluding hydrogens is 354 g/mol. The van der Waals surface area contributed by atoms with Gasteiger partial charge in [0.1, 0.15) is 11.8 Å². The first kappa shape index (κ1) is 21.4. The van der Waals surface area contributed by atoms with E-state index < -0.39 is 18.0 Å². The number of phenolic OH excluding ortho intramolecular Hbond substituents is 1. The third kappa shape index (κ3) is 5.57. The van der Waals surface area contributed by atoms with Gasteiger partial charge in [-0.2, -0.15) is 0 Å². The van der Waals surface area contributed by atoms with Crippen molar-refractivity contribution < 1.29 is 14.7 Å². The second kappa shape index (κ2) is 9.90. The van der Waals surface area contributed by atoms with Crippen LogP contribution in [0.4, 0.5) is 0 Å². The summed E-state index contributed by atoms with van der Waals surface area (Å²) in [6.45, 7) is 4.13. The molecule has 5 N–H and O–H groups in total. The van der Waals surface area contributed by atoms with Gasteiger partial charge in [0, 0.05) is 6.54 Å². The summed E-state index contributed by atoms with van der Waals surface area (Å²) >= 11 is 0. The van der Waals surface area contributed by atoms with E-state index >= 15 is 0 Å². The second-order valence-electron chi connectivity index (χ2n) is 7.16. The number of hydrogen-bond donors (Lipinski definition) is 3. The molecule has 0 spiro atoms. The van der Waals surface area contributed by atoms with Crippen LogP contribution in [0.5, 0.6) is 5.75 Å². The molecule has 0 aliphatic rings. The first-order chi connectivity index (χ1) is 13.3. The van der Waals surface area contributed by atoms with Crippen molar-refractivity contribution >= 4 is 11.8 Å². The Kier molecular flexibility index (Phi) is 7.58. The van der Waals surface area contributed by atoms with Gasteiger partial charge in [-0.15, -0.1) is 0 Å². The number of carbonyl (C=O) groups is 2. The van der Waals surface area contributed by atoms with Crippen molar-refractivity contribution in [3.05, 3.63) is 65.7 Å². The number of hydrogen-bond acceptors (Lipinski definition) is 4. The molecule has 2 aromatic carbocycles. The van der Waals surface area contributed by atoms with Crippen molar-refractivity contribution in [3.8, 4) is 5.75 Å². The fourth-order valence-corrected chi connectivity index (χ4v) is 3.24. The van der Waals surface area contributed by atoms with E-state index in [0.717, 1.165) is 11.1 Å². The quantitative estimate of drug-likeness (QED) is 0.616. The van der Waals surface area contributed by atoms with E-state index in [1.54, 1.807) is 24.3 Å². The van der Waals surface area contributed by atoms with Crippen molar-refractivity contribution in [3.63, 3.8) is 0 Å². The minimum atomic E-state index is -0.820. The van der Waals surface area contributed by atoms with Gasteiger partial charge in [-0.05, 0) is 35.6 Å². The third-order valence-corrected chi connectivity index (χ3v) is 5.00. The number of aromatic hydroxyl groups is 1. The van der Waals surface area contributed by atoms with Crippen LogP contribution in [-0.4, -0.2) is 33.9 Å². The Morgan fingerprint density at radius 3 is 2.18 bits per heavy atom. The van der Waals surface area contributed by atoms with Crippen molar-refractivity contribution in [2.45, 2.75) is 45.3 Å². The van der Waals surface area contributed by atoms with Crippen molar-refractivity contribution in [1.29, 1.82) is 0 Å². The molecule has 3 unspecified atom stereocenters. The van der Waals surface area contributed by atoms with Crippen LogP contribution < -0.4 is 11.5 Å². The van der Waals surface area contributed by atoms with E-state index in [1.165, 1.54) is 4.90 Å². The zero-order valence-corrected chi connectivity index (χ0v) is 16.4. The molecule has 0 radical (unpaired) electrons. The highest BCUT2D eigenvalue weighted by molar-refractivity contribution is 5.89. The Morgan fingerprint density at radius 2 is 1.64 bits per heavy atom. The maximum atomic E-state index is 13.2. The van der Waals surface area contributed by atoms with Crippen molar-refractivity contribution in [1.82, 2.24) is 4.90 Å². The van der Waals surface area contributed by atoms with Gasteiger partial charge in [0.05, 0.1) is 6.04 Å². The molecule has 0 saturated heterocycles. The molecule has 2 aromatic rings. The number of nitrogens with zero attached hydrogens (tertiary/aromatic N) is 1. The molecular formula is C22H29N3O3. The van der Waals surface area contributed by atoms with E-state index in [-0.39, 0.29) is 24.1 Å². The summed E-state index contributed by atoms with van der Waals surface area (Å²) in [6, 6.07) is 14.5. The molecule has 150 valence electrons. The van der Waals surface area contributed by atoms with Gasteiger partial charge in [0.15, 0.2) is 0 Å². The molecule has 6 nitrogen and oxygen atoms in total. The average molecular weight is 383 g/mol. The minimum Gasteiger partial charge on any atom is -0.508 e. The lowest BCUT2D eigenvalue weighted by atomic mass is 9.95. The summed E-state index contributed by atoms with van der Waals surface area (Å²) in [6.07, 6.45) is 1.01. The summed E-state index contributed by atoms with van der Waals surface area (Å²) in [5.74, 6) is -0.789. The molecule has 3 atom stereocenters. The van der Waals surface area contributed by atoms with Gasteiger partial charge in [-0.25, -0.2) is 0 Å². The van der Waals surface area contributed by atoms with Gasteiger partial charge in [0.25, 0.3) is 0 Å². The lowest BCUT2D eigenvalue weighted by Gasteiger charge is -2.35. The highest BCUT2D eigenvalue weighted by Gasteiger charge is 2.34. The lowest BCUT2D eigenvalue weighted by molar-refractivity contribution is -0.143. The highest BCUT2D eigenvalue weighted by Crippen LogP contribution is 2.20. The third-order valence-electron chi connectivity index (χ3n) is 5.00. The van der Waals surface area contributed by atoms with Crippen molar-refractivity contribution in [2.24, 2.45) is 17.4 Å². The Bertz CT molecular complexity index is 777. The van der Waals surface area contributed by atoms with Crippen LogP contribution in [-0.2, 0) is 22.6 Å². The summed E-state index contributed by atoms with van der Waals surface area (Å²) in [5.41, 5.74) is 13.6. The molecule has 0 aromatic heterocycles. The van der Waals surface area contributed by atoms with Crippen LogP contribution in [0, 0.1) is 5.92 Å². The standard InChI is InChI=1S/C22H29N3O3/c1-3-15(2)20(21(24)27)25(14-17-7-5-4-6-8-17)22(28)19(23)13-16-9-11-18(26)12-10-16/h4-12,15,19-20,26H,3,13-14,23H2,1-2H3,(H2,24,27). The van der Waals surface area contributed by atoms with E-state index in [0.29, 0.717) is 12.8 Å². The van der Waals surface area contributed by atoms with Gasteiger partial charge in [0.2, 0.25) is 11.8 Å². The van der Waals surface area contributed by atoms with E-state index in [1.807, 2.05) is 44.2 Å². The van der Waals surface area contributed by atoms with Crippen LogP contribution >= 0.6 is 0 Å². The van der Waals surface area contributed by atoms with Crippen LogP contribution in [0.1, 0.15) is 31.4 Å². The summed E-state index contributed by atoms with van der Waals surface area (Å²) in [7, 11) is 0. The smallest absolute Gasteiger partial charge is 0.240 e. The molecule has 0 heterocycles.